The van der Waals surface area contributed by atoms with Gasteiger partial charge in [0, 0.05) is 12.0 Å². The molecule has 1 rings (SSSR count). The van der Waals surface area contributed by atoms with E-state index in [9.17, 15) is 4.79 Å². The van der Waals surface area contributed by atoms with Gasteiger partial charge in [0.1, 0.15) is 0 Å². The minimum Gasteiger partial charge on any atom is -0.469 e. The number of ether oxygens (including phenoxy) is 1. The lowest BCUT2D eigenvalue weighted by atomic mass is 9.87. The van der Waals surface area contributed by atoms with Crippen molar-refractivity contribution in [2.75, 3.05) is 7.11 Å². The van der Waals surface area contributed by atoms with Crippen LogP contribution in [-0.4, -0.2) is 19.1 Å². The number of carbonyl (C=O) groups is 1. The van der Waals surface area contributed by atoms with Crippen molar-refractivity contribution in [3.63, 3.8) is 0 Å². The highest BCUT2D eigenvalue weighted by Crippen LogP contribution is 2.25. The van der Waals surface area contributed by atoms with Crippen molar-refractivity contribution in [2.24, 2.45) is 11.7 Å². The molecule has 0 aliphatic heterocycles. The molecule has 3 nitrogen and oxygen atoms in total. The van der Waals surface area contributed by atoms with Crippen LogP contribution in [0, 0.1) is 5.92 Å². The van der Waals surface area contributed by atoms with Crippen molar-refractivity contribution >= 4 is 5.97 Å². The Hall–Kier alpha value is -1.35. The molecule has 2 N–H and O–H groups in total. The fourth-order valence-electron chi connectivity index (χ4n) is 2.44. The maximum Gasteiger partial charge on any atom is 0.306 e. The zero-order chi connectivity index (χ0) is 15.1. The van der Waals surface area contributed by atoms with Crippen LogP contribution in [0.3, 0.4) is 0 Å². The molecule has 0 saturated heterocycles. The molecule has 0 heterocycles. The maximum absolute atomic E-state index is 11.6. The quantitative estimate of drug-likeness (QED) is 0.778. The fraction of sp³-hybridized carbons (Fsp3) is 0.588. The Morgan fingerprint density at radius 2 is 1.85 bits per heavy atom. The number of benzene rings is 1. The second-order valence-corrected chi connectivity index (χ2v) is 5.80. The molecule has 0 amide bonds. The molecule has 0 saturated carbocycles. The predicted molar refractivity (Wildman–Crippen MR) is 82.6 cm³/mol. The van der Waals surface area contributed by atoms with Gasteiger partial charge in [0.05, 0.1) is 13.5 Å². The van der Waals surface area contributed by atoms with E-state index in [1.807, 2.05) is 6.92 Å². The van der Waals surface area contributed by atoms with Crippen LogP contribution >= 0.6 is 0 Å². The van der Waals surface area contributed by atoms with Gasteiger partial charge >= 0.3 is 5.97 Å². The summed E-state index contributed by atoms with van der Waals surface area (Å²) in [7, 11) is 1.42. The molecule has 0 bridgehead atoms. The summed E-state index contributed by atoms with van der Waals surface area (Å²) in [5.74, 6) is 0.468. The SMILES string of the molecule is CCC(N)C(CC(=O)OC)c1ccc(CC(C)C)cc1. The first kappa shape index (κ1) is 16.7. The molecule has 0 fully saturated rings. The Kier molecular flexibility index (Phi) is 6.73. The molecule has 112 valence electrons. The Morgan fingerprint density at radius 3 is 2.30 bits per heavy atom. The van der Waals surface area contributed by atoms with E-state index in [1.165, 1.54) is 12.7 Å². The van der Waals surface area contributed by atoms with E-state index in [-0.39, 0.29) is 17.9 Å². The summed E-state index contributed by atoms with van der Waals surface area (Å²) < 4.78 is 4.78. The van der Waals surface area contributed by atoms with Gasteiger partial charge in [0.25, 0.3) is 0 Å². The van der Waals surface area contributed by atoms with Gasteiger partial charge in [-0.05, 0) is 29.9 Å². The summed E-state index contributed by atoms with van der Waals surface area (Å²) in [6.45, 7) is 6.46. The number of nitrogens with two attached hydrogens (primary N) is 1. The van der Waals surface area contributed by atoms with E-state index in [4.69, 9.17) is 10.5 Å². The van der Waals surface area contributed by atoms with Gasteiger partial charge in [-0.3, -0.25) is 4.79 Å². The highest BCUT2D eigenvalue weighted by atomic mass is 16.5. The monoisotopic (exact) mass is 277 g/mol. The summed E-state index contributed by atoms with van der Waals surface area (Å²) >= 11 is 0. The van der Waals surface area contributed by atoms with Crippen LogP contribution in [-0.2, 0) is 16.0 Å². The first-order valence-corrected chi connectivity index (χ1v) is 7.39. The van der Waals surface area contributed by atoms with Crippen molar-refractivity contribution in [2.45, 2.75) is 52.0 Å². The van der Waals surface area contributed by atoms with Crippen LogP contribution < -0.4 is 5.73 Å². The number of hydrogen-bond acceptors (Lipinski definition) is 3. The number of rotatable bonds is 7. The molecule has 1 aromatic rings. The summed E-state index contributed by atoms with van der Waals surface area (Å²) in [6, 6.07) is 8.45. The lowest BCUT2D eigenvalue weighted by Crippen LogP contribution is -2.29. The van der Waals surface area contributed by atoms with E-state index in [2.05, 4.69) is 38.1 Å². The Bertz CT molecular complexity index is 412. The van der Waals surface area contributed by atoms with Crippen LogP contribution in [0.2, 0.25) is 0 Å². The third kappa shape index (κ3) is 4.97. The standard InChI is InChI=1S/C17H27NO2/c1-5-16(18)15(11-17(19)20-4)14-8-6-13(7-9-14)10-12(2)3/h6-9,12,15-16H,5,10-11,18H2,1-4H3. The first-order chi connectivity index (χ1) is 9.47. The molecular weight excluding hydrogens is 250 g/mol. The van der Waals surface area contributed by atoms with Crippen LogP contribution in [0.1, 0.15) is 50.7 Å². The summed E-state index contributed by atoms with van der Waals surface area (Å²) in [6.07, 6.45) is 2.26. The number of hydrogen-bond donors (Lipinski definition) is 1. The normalized spacial score (nSPS) is 14.1. The van der Waals surface area contributed by atoms with Gasteiger partial charge in [0.15, 0.2) is 0 Å². The zero-order valence-corrected chi connectivity index (χ0v) is 13.1. The Labute approximate surface area is 122 Å². The molecule has 0 spiro atoms. The van der Waals surface area contributed by atoms with Gasteiger partial charge in [-0.2, -0.15) is 0 Å². The number of methoxy groups -OCH3 is 1. The third-order valence-electron chi connectivity index (χ3n) is 3.65. The second kappa shape index (κ2) is 8.05. The molecule has 1 aromatic carbocycles. The maximum atomic E-state index is 11.6. The minimum absolute atomic E-state index is 0.0231. The second-order valence-electron chi connectivity index (χ2n) is 5.80. The molecular formula is C17H27NO2. The molecule has 2 atom stereocenters. The van der Waals surface area contributed by atoms with Crippen molar-refractivity contribution in [3.8, 4) is 0 Å². The van der Waals surface area contributed by atoms with Crippen molar-refractivity contribution in [1.82, 2.24) is 0 Å². The van der Waals surface area contributed by atoms with Crippen molar-refractivity contribution in [1.29, 1.82) is 0 Å². The largest absolute Gasteiger partial charge is 0.469 e. The highest BCUT2D eigenvalue weighted by molar-refractivity contribution is 5.70. The summed E-state index contributed by atoms with van der Waals surface area (Å²) in [5.41, 5.74) is 8.61. The van der Waals surface area contributed by atoms with Crippen LogP contribution in [0.15, 0.2) is 24.3 Å². The van der Waals surface area contributed by atoms with Crippen LogP contribution in [0.25, 0.3) is 0 Å². The van der Waals surface area contributed by atoms with Crippen LogP contribution in [0.5, 0.6) is 0 Å². The Morgan fingerprint density at radius 1 is 1.25 bits per heavy atom. The van der Waals surface area contributed by atoms with Gasteiger partial charge < -0.3 is 10.5 Å². The lowest BCUT2D eigenvalue weighted by Gasteiger charge is -2.22. The zero-order valence-electron chi connectivity index (χ0n) is 13.1. The number of esters is 1. The van der Waals surface area contributed by atoms with E-state index < -0.39 is 0 Å². The highest BCUT2D eigenvalue weighted by Gasteiger charge is 2.22. The average molecular weight is 277 g/mol. The van der Waals surface area contributed by atoms with Crippen molar-refractivity contribution < 1.29 is 9.53 Å². The summed E-state index contributed by atoms with van der Waals surface area (Å²) in [5, 5.41) is 0. The van der Waals surface area contributed by atoms with Gasteiger partial charge in [0.2, 0.25) is 0 Å². The number of carbonyl (C=O) groups excluding carboxylic acids is 1. The molecule has 2 unspecified atom stereocenters. The minimum atomic E-state index is -0.204. The predicted octanol–water partition coefficient (Wildman–Crippen LogP) is 3.27. The molecule has 0 aliphatic carbocycles. The van der Waals surface area contributed by atoms with Gasteiger partial charge in [-0.25, -0.2) is 0 Å². The molecule has 3 heteroatoms. The fourth-order valence-corrected chi connectivity index (χ4v) is 2.44. The third-order valence-corrected chi connectivity index (χ3v) is 3.65. The molecule has 0 radical (unpaired) electrons. The first-order valence-electron chi connectivity index (χ1n) is 7.39. The van der Waals surface area contributed by atoms with E-state index >= 15 is 0 Å². The topological polar surface area (TPSA) is 52.3 Å². The van der Waals surface area contributed by atoms with Crippen molar-refractivity contribution in [3.05, 3.63) is 35.4 Å². The molecule has 0 aliphatic rings. The van der Waals surface area contributed by atoms with Crippen LogP contribution in [0.4, 0.5) is 0 Å². The van der Waals surface area contributed by atoms with E-state index in [0.717, 1.165) is 18.4 Å². The van der Waals surface area contributed by atoms with E-state index in [1.54, 1.807) is 0 Å². The van der Waals surface area contributed by atoms with E-state index in [0.29, 0.717) is 12.3 Å². The lowest BCUT2D eigenvalue weighted by molar-refractivity contribution is -0.141. The Balaban J connectivity index is 2.87. The smallest absolute Gasteiger partial charge is 0.306 e. The molecule has 20 heavy (non-hydrogen) atoms. The molecule has 0 aromatic heterocycles. The average Bonchev–Trinajstić information content (AvgIpc) is 2.44. The van der Waals surface area contributed by atoms with Gasteiger partial charge in [-0.15, -0.1) is 0 Å². The van der Waals surface area contributed by atoms with Gasteiger partial charge in [-0.1, -0.05) is 45.0 Å². The summed E-state index contributed by atoms with van der Waals surface area (Å²) in [4.78, 5) is 11.6.